The number of thiophene rings is 1. The summed E-state index contributed by atoms with van der Waals surface area (Å²) in [4.78, 5) is 31.5. The van der Waals surface area contributed by atoms with Crippen LogP contribution in [0.4, 0.5) is 0 Å². The third kappa shape index (κ3) is 3.29. The van der Waals surface area contributed by atoms with Gasteiger partial charge in [-0.15, -0.1) is 11.3 Å². The van der Waals surface area contributed by atoms with Crippen LogP contribution in [0.1, 0.15) is 36.8 Å². The summed E-state index contributed by atoms with van der Waals surface area (Å²) in [5.74, 6) is -0.418. The Hall–Kier alpha value is -2.47. The van der Waals surface area contributed by atoms with Crippen LogP contribution in [-0.4, -0.2) is 22.1 Å². The van der Waals surface area contributed by atoms with E-state index in [2.05, 4.69) is 4.98 Å². The van der Waals surface area contributed by atoms with Gasteiger partial charge in [-0.2, -0.15) is 0 Å². The molecular weight excluding hydrogens is 348 g/mol. The fraction of sp³-hybridized carbons (Fsp3) is 0.350. The Morgan fingerprint density at radius 3 is 2.62 bits per heavy atom. The van der Waals surface area contributed by atoms with Crippen LogP contribution in [0.15, 0.2) is 35.4 Å². The number of aryl methyl sites for hydroxylation is 2. The molecular formula is C20H22N2O3S. The summed E-state index contributed by atoms with van der Waals surface area (Å²) >= 11 is 1.49. The summed E-state index contributed by atoms with van der Waals surface area (Å²) in [5.41, 5.74) is 2.83. The van der Waals surface area contributed by atoms with Gasteiger partial charge in [0.05, 0.1) is 18.3 Å². The average Bonchev–Trinajstić information content (AvgIpc) is 2.97. The lowest BCUT2D eigenvalue weighted by atomic mass is 10.0. The topological polar surface area (TPSA) is 61.2 Å². The summed E-state index contributed by atoms with van der Waals surface area (Å²) in [6.45, 7) is 7.96. The number of hydrogen-bond donors (Lipinski definition) is 0. The standard InChI is InChI=1S/C20H22N2O3S/c1-5-10-25-20(24)13(3)22-11-21-18-17(19(22)23)16(14(4)26-18)15-8-6-12(2)7-9-15/h6-9,11,13H,5,10H2,1-4H3. The van der Waals surface area contributed by atoms with Gasteiger partial charge in [-0.25, -0.2) is 9.78 Å². The second-order valence-electron chi connectivity index (χ2n) is 6.38. The van der Waals surface area contributed by atoms with E-state index in [1.54, 1.807) is 6.92 Å². The van der Waals surface area contributed by atoms with Crippen LogP contribution >= 0.6 is 11.3 Å². The first-order chi connectivity index (χ1) is 12.4. The number of carbonyl (C=O) groups excluding carboxylic acids is 1. The van der Waals surface area contributed by atoms with Gasteiger partial charge >= 0.3 is 5.97 Å². The Bertz CT molecular complexity index is 1000. The molecule has 0 aliphatic rings. The molecule has 0 spiro atoms. The summed E-state index contributed by atoms with van der Waals surface area (Å²) in [7, 11) is 0. The molecule has 136 valence electrons. The number of benzene rings is 1. The SMILES string of the molecule is CCCOC(=O)C(C)n1cnc2sc(C)c(-c3ccc(C)cc3)c2c1=O. The molecule has 0 fully saturated rings. The van der Waals surface area contributed by atoms with Gasteiger partial charge in [0, 0.05) is 10.4 Å². The first-order valence-electron chi connectivity index (χ1n) is 8.68. The minimum absolute atomic E-state index is 0.212. The van der Waals surface area contributed by atoms with E-state index in [0.717, 1.165) is 28.0 Å². The van der Waals surface area contributed by atoms with Gasteiger partial charge in [-0.05, 0) is 32.8 Å². The van der Waals surface area contributed by atoms with E-state index in [4.69, 9.17) is 4.74 Å². The molecule has 0 N–H and O–H groups in total. The smallest absolute Gasteiger partial charge is 0.328 e. The summed E-state index contributed by atoms with van der Waals surface area (Å²) in [6, 6.07) is 7.37. The first kappa shape index (κ1) is 18.3. The summed E-state index contributed by atoms with van der Waals surface area (Å²) < 4.78 is 6.55. The van der Waals surface area contributed by atoms with Crippen LogP contribution in [0.25, 0.3) is 21.3 Å². The van der Waals surface area contributed by atoms with Crippen LogP contribution < -0.4 is 5.56 Å². The van der Waals surface area contributed by atoms with Crippen LogP contribution in [0.2, 0.25) is 0 Å². The number of carbonyl (C=O) groups is 1. The number of esters is 1. The molecule has 0 saturated heterocycles. The average molecular weight is 370 g/mol. The fourth-order valence-corrected chi connectivity index (χ4v) is 3.90. The maximum Gasteiger partial charge on any atom is 0.328 e. The molecule has 0 radical (unpaired) electrons. The lowest BCUT2D eigenvalue weighted by Gasteiger charge is -2.14. The van der Waals surface area contributed by atoms with E-state index in [0.29, 0.717) is 16.8 Å². The van der Waals surface area contributed by atoms with E-state index in [9.17, 15) is 9.59 Å². The van der Waals surface area contributed by atoms with Gasteiger partial charge in [0.2, 0.25) is 0 Å². The van der Waals surface area contributed by atoms with Gasteiger partial charge in [-0.1, -0.05) is 36.8 Å². The zero-order valence-electron chi connectivity index (χ0n) is 15.4. The van der Waals surface area contributed by atoms with Crippen LogP contribution in [0.3, 0.4) is 0 Å². The quantitative estimate of drug-likeness (QED) is 0.630. The zero-order valence-corrected chi connectivity index (χ0v) is 16.2. The predicted molar refractivity (Wildman–Crippen MR) is 105 cm³/mol. The molecule has 0 saturated carbocycles. The van der Waals surface area contributed by atoms with Gasteiger partial charge in [0.15, 0.2) is 0 Å². The van der Waals surface area contributed by atoms with Crippen molar-refractivity contribution in [3.63, 3.8) is 0 Å². The Labute approximate surface area is 156 Å². The number of nitrogens with zero attached hydrogens (tertiary/aromatic N) is 2. The first-order valence-corrected chi connectivity index (χ1v) is 9.49. The number of rotatable bonds is 5. The third-order valence-corrected chi connectivity index (χ3v) is 5.37. The van der Waals surface area contributed by atoms with Crippen molar-refractivity contribution in [2.45, 2.75) is 40.2 Å². The molecule has 1 aromatic carbocycles. The zero-order chi connectivity index (χ0) is 18.8. The minimum Gasteiger partial charge on any atom is -0.464 e. The second kappa shape index (κ2) is 7.41. The minimum atomic E-state index is -0.711. The molecule has 0 aliphatic heterocycles. The van der Waals surface area contributed by atoms with Crippen molar-refractivity contribution in [1.82, 2.24) is 9.55 Å². The number of fused-ring (bicyclic) bond motifs is 1. The molecule has 3 aromatic rings. The monoisotopic (exact) mass is 370 g/mol. The van der Waals surface area contributed by atoms with Crippen molar-refractivity contribution < 1.29 is 9.53 Å². The lowest BCUT2D eigenvalue weighted by molar-refractivity contribution is -0.147. The molecule has 26 heavy (non-hydrogen) atoms. The number of ether oxygens (including phenoxy) is 1. The van der Waals surface area contributed by atoms with Crippen molar-refractivity contribution in [3.8, 4) is 11.1 Å². The molecule has 2 heterocycles. The molecule has 0 aliphatic carbocycles. The summed E-state index contributed by atoms with van der Waals surface area (Å²) in [5, 5.41) is 0.564. The highest BCUT2D eigenvalue weighted by atomic mass is 32.1. The highest BCUT2D eigenvalue weighted by Crippen LogP contribution is 2.35. The maximum absolute atomic E-state index is 13.1. The van der Waals surface area contributed by atoms with Crippen LogP contribution in [-0.2, 0) is 9.53 Å². The predicted octanol–water partition coefficient (Wildman–Crippen LogP) is 4.26. The Morgan fingerprint density at radius 1 is 1.27 bits per heavy atom. The summed E-state index contributed by atoms with van der Waals surface area (Å²) in [6.07, 6.45) is 2.18. The third-order valence-electron chi connectivity index (χ3n) is 4.36. The molecule has 0 bridgehead atoms. The maximum atomic E-state index is 13.1. The van der Waals surface area contributed by atoms with Crippen molar-refractivity contribution >= 4 is 27.5 Å². The molecule has 0 amide bonds. The van der Waals surface area contributed by atoms with Crippen molar-refractivity contribution in [1.29, 1.82) is 0 Å². The molecule has 1 unspecified atom stereocenters. The van der Waals surface area contributed by atoms with Crippen LogP contribution in [0, 0.1) is 13.8 Å². The van der Waals surface area contributed by atoms with E-state index in [1.165, 1.54) is 22.2 Å². The van der Waals surface area contributed by atoms with Crippen molar-refractivity contribution in [3.05, 3.63) is 51.4 Å². The van der Waals surface area contributed by atoms with Gasteiger partial charge in [0.1, 0.15) is 10.9 Å². The molecule has 3 rings (SSSR count). The largest absolute Gasteiger partial charge is 0.464 e. The lowest BCUT2D eigenvalue weighted by Crippen LogP contribution is -2.29. The van der Waals surface area contributed by atoms with E-state index in [1.807, 2.05) is 45.0 Å². The Balaban J connectivity index is 2.14. The molecule has 6 heteroatoms. The Morgan fingerprint density at radius 2 is 1.96 bits per heavy atom. The van der Waals surface area contributed by atoms with Crippen molar-refractivity contribution in [2.75, 3.05) is 6.61 Å². The van der Waals surface area contributed by atoms with E-state index < -0.39 is 12.0 Å². The van der Waals surface area contributed by atoms with Gasteiger partial charge in [0.25, 0.3) is 5.56 Å². The Kier molecular flexibility index (Phi) is 5.23. The van der Waals surface area contributed by atoms with E-state index >= 15 is 0 Å². The van der Waals surface area contributed by atoms with Crippen molar-refractivity contribution in [2.24, 2.45) is 0 Å². The fourth-order valence-electron chi connectivity index (χ4n) is 2.90. The van der Waals surface area contributed by atoms with Gasteiger partial charge < -0.3 is 4.74 Å². The van der Waals surface area contributed by atoms with Crippen LogP contribution in [0.5, 0.6) is 0 Å². The molecule has 5 nitrogen and oxygen atoms in total. The molecule has 1 atom stereocenters. The van der Waals surface area contributed by atoms with E-state index in [-0.39, 0.29) is 5.56 Å². The highest BCUT2D eigenvalue weighted by molar-refractivity contribution is 7.19. The second-order valence-corrected chi connectivity index (χ2v) is 7.58. The van der Waals surface area contributed by atoms with Gasteiger partial charge in [-0.3, -0.25) is 9.36 Å². The number of hydrogen-bond acceptors (Lipinski definition) is 5. The normalized spacial score (nSPS) is 12.3. The highest BCUT2D eigenvalue weighted by Gasteiger charge is 2.22. The number of aromatic nitrogens is 2. The molecule has 2 aromatic heterocycles.